The molecule has 4 N–H and O–H groups in total. The molecule has 0 aliphatic rings. The van der Waals surface area contributed by atoms with Crippen molar-refractivity contribution in [2.75, 3.05) is 11.1 Å². The Morgan fingerprint density at radius 2 is 2.07 bits per heavy atom. The molecule has 14 heavy (non-hydrogen) atoms. The lowest BCUT2D eigenvalue weighted by Gasteiger charge is -2.05. The lowest BCUT2D eigenvalue weighted by atomic mass is 10.7. The zero-order valence-electron chi connectivity index (χ0n) is 7.75. The molecule has 1 aromatic rings. The molecule has 0 radical (unpaired) electrons. The van der Waals surface area contributed by atoms with Crippen LogP contribution in [0, 0.1) is 0 Å². The van der Waals surface area contributed by atoms with E-state index in [2.05, 4.69) is 10.3 Å². The molecular weight excluding hydrogens is 195 g/mol. The SMILES string of the molecule is CC(=O)N[13c]1[13c]([15NH2])[15nH][13c](=O)[15n](C)[13c]1=O. The maximum absolute atomic E-state index is 11.4. The van der Waals surface area contributed by atoms with E-state index in [9.17, 15) is 14.4 Å². The second-order valence-corrected chi connectivity index (χ2v) is 2.76. The highest BCUT2D eigenvalue weighted by molar-refractivity contribution is 5.90. The number of carbonyl (C=O) groups is 1. The number of aromatic nitrogens is 2. The first-order chi connectivity index (χ1) is 6.43. The van der Waals surface area contributed by atoms with Crippen molar-refractivity contribution in [3.63, 3.8) is 0 Å². The number of hydrogen-bond donors (Lipinski definition) is 3. The first-order valence-corrected chi connectivity index (χ1v) is 3.80. The second kappa shape index (κ2) is 3.36. The maximum Gasteiger partial charge on any atom is 0.329 e. The van der Waals surface area contributed by atoms with Gasteiger partial charge in [-0.3, -0.25) is 19.1 Å². The van der Waals surface area contributed by atoms with Crippen molar-refractivity contribution in [3.8, 4) is 0 Å². The summed E-state index contributed by atoms with van der Waals surface area (Å²) in [6, 6.07) is 0. The fourth-order valence-corrected chi connectivity index (χ4v) is 0.934. The Bertz CT molecular complexity index is 485. The molecule has 0 aromatic carbocycles. The highest BCUT2D eigenvalue weighted by atomic mass is 16.3. The predicted molar refractivity (Wildman–Crippen MR) is 51.0 cm³/mol. The molecule has 0 saturated heterocycles. The van der Waals surface area contributed by atoms with Crippen LogP contribution in [0.25, 0.3) is 0 Å². The first kappa shape index (κ1) is 10.0. The summed E-state index contributed by atoms with van der Waals surface area (Å²) in [5.74, 6) is -0.575. The van der Waals surface area contributed by atoms with Gasteiger partial charge in [0.05, 0.1) is 0 Å². The smallest absolute Gasteiger partial charge is 0.329 e. The Labute approximate surface area is 78.5 Å². The second-order valence-electron chi connectivity index (χ2n) is 2.76. The number of nitrogens with one attached hydrogen (secondary N) is 2. The summed E-state index contributed by atoms with van der Waals surface area (Å²) in [6.07, 6.45) is 0. The van der Waals surface area contributed by atoms with E-state index in [1.54, 1.807) is 0 Å². The van der Waals surface area contributed by atoms with E-state index in [0.29, 0.717) is 0 Å². The van der Waals surface area contributed by atoms with Crippen LogP contribution in [0.5, 0.6) is 0 Å². The molecule has 1 heterocycles. The average molecular weight is 205 g/mol. The van der Waals surface area contributed by atoms with Crippen LogP contribution in [0.3, 0.4) is 0 Å². The molecule has 1 aromatic heterocycles. The van der Waals surface area contributed by atoms with Crippen molar-refractivity contribution in [1.82, 2.24) is 9.55 Å². The van der Waals surface area contributed by atoms with Gasteiger partial charge in [-0.05, 0) is 0 Å². The predicted octanol–water partition coefficient (Wildman–Crippen LogP) is -1.39. The zero-order chi connectivity index (χ0) is 10.9. The third-order valence-corrected chi connectivity index (χ3v) is 1.64. The van der Waals surface area contributed by atoms with Crippen molar-refractivity contribution in [2.45, 2.75) is 6.92 Å². The highest BCUT2D eigenvalue weighted by Crippen LogP contribution is 2.05. The quantitative estimate of drug-likeness (QED) is 0.490. The normalized spacial score (nSPS) is 9.86. The zero-order valence-corrected chi connectivity index (χ0v) is 7.75. The molecule has 0 aliphatic heterocycles. The number of carbonyl (C=O) groups excluding carboxylic acids is 1. The van der Waals surface area contributed by atoms with Gasteiger partial charge in [-0.2, -0.15) is 0 Å². The number of nitrogens with two attached hydrogens (primary N) is 1. The number of amides is 1. The van der Waals surface area contributed by atoms with Crippen molar-refractivity contribution < 1.29 is 4.79 Å². The third-order valence-electron chi connectivity index (χ3n) is 1.64. The van der Waals surface area contributed by atoms with Gasteiger partial charge in [0, 0.05) is 14.0 Å². The van der Waals surface area contributed by atoms with Crippen LogP contribution < -0.4 is 22.3 Å². The minimum atomic E-state index is -0.638. The summed E-state index contributed by atoms with van der Waals surface area (Å²) in [5.41, 5.74) is 3.98. The first-order valence-electron chi connectivity index (χ1n) is 3.80. The average Bonchev–Trinajstić information content (AvgIpc) is 2.09. The number of nitrogen functional groups attached to an aromatic ring is 1. The number of rotatable bonds is 1. The minimum Gasteiger partial charge on any atom is -0.383 e. The minimum absolute atomic E-state index is 0.111. The monoisotopic (exact) mass is 205 g/mol. The van der Waals surface area contributed by atoms with Gasteiger partial charge < -0.3 is 11.1 Å². The molecule has 1 amide bonds. The molecule has 0 bridgehead atoms. The molecule has 0 aliphatic carbocycles. The Balaban J connectivity index is 3.44. The summed E-state index contributed by atoms with van der Waals surface area (Å²) in [7, 11) is 1.28. The lowest BCUT2D eigenvalue weighted by Crippen LogP contribution is -2.35. The molecule has 0 fully saturated rings. The molecule has 0 unspecified atom stereocenters. The van der Waals surface area contributed by atoms with Gasteiger partial charge in [0.15, 0.2) is 0 Å². The summed E-state index contributed by atoms with van der Waals surface area (Å²) < 4.78 is 0.821. The fraction of sp³-hybridized carbons (Fsp3) is 0.286. The van der Waals surface area contributed by atoms with Gasteiger partial charge in [0.25, 0.3) is 5.56 Å². The largest absolute Gasteiger partial charge is 0.383 e. The Kier molecular flexibility index (Phi) is 2.41. The molecule has 76 valence electrons. The summed E-state index contributed by atoms with van der Waals surface area (Å²) in [5, 5.41) is 2.24. The topological polar surface area (TPSA) is 110 Å². The van der Waals surface area contributed by atoms with Gasteiger partial charge in [-0.15, -0.1) is 0 Å². The molecule has 0 spiro atoms. The van der Waals surface area contributed by atoms with Crippen LogP contribution in [0.4, 0.5) is 11.5 Å². The van der Waals surface area contributed by atoms with E-state index < -0.39 is 17.2 Å². The molecule has 0 saturated carbocycles. The Morgan fingerprint density at radius 1 is 1.50 bits per heavy atom. The van der Waals surface area contributed by atoms with Crippen LogP contribution in [-0.4, -0.2) is 15.5 Å². The number of H-pyrrole nitrogens is 1. The van der Waals surface area contributed by atoms with Crippen molar-refractivity contribution in [2.24, 2.45) is 7.05 Å². The van der Waals surface area contributed by atoms with Gasteiger partial charge in [-0.25, -0.2) is 4.79 Å². The number of aromatic amines is 1. The van der Waals surface area contributed by atoms with Crippen LogP contribution in [-0.2, 0) is 11.8 Å². The molecule has 0 atom stereocenters. The lowest BCUT2D eigenvalue weighted by molar-refractivity contribution is -0.114. The maximum atomic E-state index is 11.4. The fourth-order valence-electron chi connectivity index (χ4n) is 0.934. The van der Waals surface area contributed by atoms with Gasteiger partial charge in [-0.1, -0.05) is 0 Å². The standard InChI is InChI=1S/C7H10N4O3/c1-3(12)9-4-5(8)10-7(14)11(2)6(4)13/h8H2,1-2H3,(H,9,12)(H,10,14)/i4+1,5+1,6+1,7+1,8+1,10+1,11+1. The number of hydrogen-bond acceptors (Lipinski definition) is 4. The van der Waals surface area contributed by atoms with Gasteiger partial charge in [0.1, 0.15) is 11.5 Å². The van der Waals surface area contributed by atoms with Crippen molar-refractivity contribution in [3.05, 3.63) is 20.8 Å². The Hall–Kier alpha value is -2.05. The van der Waals surface area contributed by atoms with E-state index in [4.69, 9.17) is 5.73 Å². The van der Waals surface area contributed by atoms with E-state index >= 15 is 0 Å². The van der Waals surface area contributed by atoms with Crippen molar-refractivity contribution in [1.29, 1.82) is 0 Å². The van der Waals surface area contributed by atoms with Gasteiger partial charge in [0.2, 0.25) is 5.91 Å². The molecular formula is C7H10N4O3. The summed E-state index contributed by atoms with van der Waals surface area (Å²) in [4.78, 5) is 35.3. The third kappa shape index (κ3) is 1.65. The highest BCUT2D eigenvalue weighted by Gasteiger charge is 2.10. The van der Waals surface area contributed by atoms with Crippen LogP contribution in [0.15, 0.2) is 9.59 Å². The van der Waals surface area contributed by atoms with E-state index in [1.807, 2.05) is 0 Å². The summed E-state index contributed by atoms with van der Waals surface area (Å²) >= 11 is 0. The Morgan fingerprint density at radius 3 is 2.57 bits per heavy atom. The van der Waals surface area contributed by atoms with E-state index in [-0.39, 0.29) is 11.5 Å². The van der Waals surface area contributed by atoms with Crippen molar-refractivity contribution >= 4 is 17.4 Å². The number of anilines is 2. The van der Waals surface area contributed by atoms with Crippen LogP contribution >= 0.6 is 0 Å². The molecule has 7 nitrogen and oxygen atoms in total. The molecule has 7 heteroatoms. The molecule has 1 rings (SSSR count). The number of nitrogens with zero attached hydrogens (tertiary/aromatic N) is 1. The van der Waals surface area contributed by atoms with Crippen LogP contribution in [0.1, 0.15) is 6.92 Å². The van der Waals surface area contributed by atoms with E-state index in [0.717, 1.165) is 4.57 Å². The van der Waals surface area contributed by atoms with Crippen LogP contribution in [0.2, 0.25) is 0 Å². The summed E-state index contributed by atoms with van der Waals surface area (Å²) in [6.45, 7) is 1.24. The van der Waals surface area contributed by atoms with E-state index in [1.165, 1.54) is 14.0 Å². The van der Waals surface area contributed by atoms with Gasteiger partial charge >= 0.3 is 5.69 Å².